The lowest BCUT2D eigenvalue weighted by Crippen LogP contribution is -2.21. The molecular formula is C19H18BrN3O2S. The van der Waals surface area contributed by atoms with Crippen molar-refractivity contribution in [2.45, 2.75) is 19.3 Å². The number of hydrogen-bond donors (Lipinski definition) is 2. The minimum absolute atomic E-state index is 0.0261. The maximum Gasteiger partial charge on any atom is 0.244 e. The molecule has 0 spiro atoms. The molecule has 4 rings (SSSR count). The summed E-state index contributed by atoms with van der Waals surface area (Å²) in [5.74, 6) is 1.74. The molecule has 1 atom stereocenters. The van der Waals surface area contributed by atoms with Crippen molar-refractivity contribution in [2.75, 3.05) is 7.11 Å². The Labute approximate surface area is 164 Å². The van der Waals surface area contributed by atoms with Crippen molar-refractivity contribution in [3.8, 4) is 22.2 Å². The lowest BCUT2D eigenvalue weighted by atomic mass is 9.82. The molecule has 1 aliphatic heterocycles. The van der Waals surface area contributed by atoms with Gasteiger partial charge in [-0.3, -0.25) is 5.10 Å². The van der Waals surface area contributed by atoms with E-state index in [1.807, 2.05) is 12.1 Å². The number of H-pyrrole nitrogens is 1. The van der Waals surface area contributed by atoms with Gasteiger partial charge in [-0.1, -0.05) is 19.1 Å². The van der Waals surface area contributed by atoms with Crippen molar-refractivity contribution in [3.63, 3.8) is 0 Å². The number of allylic oxidation sites excluding steroid dienone is 1. The SMILES string of the molecule is CCC1=C(N)Oc2n[nH]c(-c3cccs3)c2C1c1ccc(OC)c(Br)c1. The Morgan fingerprint density at radius 2 is 2.23 bits per heavy atom. The van der Waals surface area contributed by atoms with Crippen molar-refractivity contribution >= 4 is 27.3 Å². The van der Waals surface area contributed by atoms with Crippen LogP contribution >= 0.6 is 27.3 Å². The predicted molar refractivity (Wildman–Crippen MR) is 107 cm³/mol. The lowest BCUT2D eigenvalue weighted by molar-refractivity contribution is 0.372. The largest absolute Gasteiger partial charge is 0.496 e. The van der Waals surface area contributed by atoms with Gasteiger partial charge < -0.3 is 15.2 Å². The van der Waals surface area contributed by atoms with E-state index in [0.717, 1.165) is 43.9 Å². The van der Waals surface area contributed by atoms with Gasteiger partial charge in [0, 0.05) is 11.5 Å². The number of aromatic nitrogens is 2. The third-order valence-electron chi connectivity index (χ3n) is 4.59. The summed E-state index contributed by atoms with van der Waals surface area (Å²) in [6, 6.07) is 10.2. The number of hydrogen-bond acceptors (Lipinski definition) is 5. The smallest absolute Gasteiger partial charge is 0.244 e. The number of nitrogens with one attached hydrogen (secondary N) is 1. The van der Waals surface area contributed by atoms with Crippen LogP contribution in [0.2, 0.25) is 0 Å². The highest BCUT2D eigenvalue weighted by Gasteiger charge is 2.34. The molecule has 134 valence electrons. The van der Waals surface area contributed by atoms with Gasteiger partial charge in [-0.05, 0) is 51.5 Å². The van der Waals surface area contributed by atoms with Gasteiger partial charge in [0.2, 0.25) is 5.88 Å². The summed E-state index contributed by atoms with van der Waals surface area (Å²) >= 11 is 5.26. The van der Waals surface area contributed by atoms with E-state index in [2.05, 4.69) is 56.6 Å². The van der Waals surface area contributed by atoms with Crippen LogP contribution in [0.25, 0.3) is 10.6 Å². The Hall–Kier alpha value is -2.25. The van der Waals surface area contributed by atoms with Gasteiger partial charge in [0.05, 0.1) is 27.7 Å². The van der Waals surface area contributed by atoms with E-state index in [9.17, 15) is 0 Å². The molecule has 0 radical (unpaired) electrons. The van der Waals surface area contributed by atoms with Crippen LogP contribution in [0.4, 0.5) is 0 Å². The van der Waals surface area contributed by atoms with Crippen molar-refractivity contribution in [2.24, 2.45) is 5.73 Å². The monoisotopic (exact) mass is 431 g/mol. The van der Waals surface area contributed by atoms with Crippen LogP contribution in [0.3, 0.4) is 0 Å². The van der Waals surface area contributed by atoms with Crippen molar-refractivity contribution < 1.29 is 9.47 Å². The van der Waals surface area contributed by atoms with E-state index in [-0.39, 0.29) is 5.92 Å². The molecule has 3 N–H and O–H groups in total. The van der Waals surface area contributed by atoms with Gasteiger partial charge in [0.1, 0.15) is 5.75 Å². The Morgan fingerprint density at radius 3 is 2.88 bits per heavy atom. The number of rotatable bonds is 4. The standard InChI is InChI=1S/C19H18BrN3O2S/c1-3-11-15(10-6-7-13(24-2)12(20)9-10)16-17(14-5-4-8-26-14)22-23-19(16)25-18(11)21/h4-9,15H,3,21H2,1-2H3,(H,22,23). The zero-order chi connectivity index (χ0) is 18.3. The molecule has 3 aromatic rings. The summed E-state index contributed by atoms with van der Waals surface area (Å²) in [5.41, 5.74) is 10.4. The van der Waals surface area contributed by atoms with Gasteiger partial charge in [0.15, 0.2) is 5.88 Å². The number of benzene rings is 1. The van der Waals surface area contributed by atoms with E-state index < -0.39 is 0 Å². The summed E-state index contributed by atoms with van der Waals surface area (Å²) < 4.78 is 12.1. The molecule has 0 aliphatic carbocycles. The third kappa shape index (κ3) is 2.71. The summed E-state index contributed by atoms with van der Waals surface area (Å²) in [7, 11) is 1.66. The zero-order valence-electron chi connectivity index (χ0n) is 14.4. The summed E-state index contributed by atoms with van der Waals surface area (Å²) in [6.07, 6.45) is 0.786. The van der Waals surface area contributed by atoms with Gasteiger partial charge in [-0.25, -0.2) is 0 Å². The number of nitrogens with two attached hydrogens (primary N) is 1. The topological polar surface area (TPSA) is 73.2 Å². The number of thiophene rings is 1. The molecule has 1 aliphatic rings. The van der Waals surface area contributed by atoms with Crippen LogP contribution in [0, 0.1) is 0 Å². The first-order valence-corrected chi connectivity index (χ1v) is 9.93. The Balaban J connectivity index is 1.92. The second-order valence-electron chi connectivity index (χ2n) is 5.97. The second-order valence-corrected chi connectivity index (χ2v) is 7.77. The van der Waals surface area contributed by atoms with Crippen LogP contribution in [-0.4, -0.2) is 17.3 Å². The first-order chi connectivity index (χ1) is 12.6. The van der Waals surface area contributed by atoms with Gasteiger partial charge in [-0.2, -0.15) is 0 Å². The molecule has 3 heterocycles. The molecule has 1 unspecified atom stereocenters. The second kappa shape index (κ2) is 6.81. The predicted octanol–water partition coefficient (Wildman–Crippen LogP) is 5.01. The van der Waals surface area contributed by atoms with Gasteiger partial charge >= 0.3 is 0 Å². The minimum atomic E-state index is -0.0261. The van der Waals surface area contributed by atoms with E-state index in [1.165, 1.54) is 0 Å². The first kappa shape index (κ1) is 17.2. The van der Waals surface area contributed by atoms with Gasteiger partial charge in [-0.15, -0.1) is 16.4 Å². The van der Waals surface area contributed by atoms with Crippen LogP contribution in [-0.2, 0) is 0 Å². The van der Waals surface area contributed by atoms with E-state index >= 15 is 0 Å². The maximum absolute atomic E-state index is 6.22. The minimum Gasteiger partial charge on any atom is -0.496 e. The quantitative estimate of drug-likeness (QED) is 0.608. The molecule has 0 saturated heterocycles. The van der Waals surface area contributed by atoms with Crippen molar-refractivity contribution in [1.29, 1.82) is 0 Å². The fourth-order valence-corrected chi connectivity index (χ4v) is 4.68. The molecule has 2 aromatic heterocycles. The molecule has 0 amide bonds. The molecule has 1 aromatic carbocycles. The molecule has 26 heavy (non-hydrogen) atoms. The summed E-state index contributed by atoms with van der Waals surface area (Å²) in [4.78, 5) is 1.12. The van der Waals surface area contributed by atoms with Crippen LogP contribution in [0.15, 0.2) is 51.6 Å². The van der Waals surface area contributed by atoms with E-state index in [1.54, 1.807) is 18.4 Å². The Bertz CT molecular complexity index is 979. The van der Waals surface area contributed by atoms with Crippen molar-refractivity contribution in [3.05, 3.63) is 62.8 Å². The van der Waals surface area contributed by atoms with E-state index in [0.29, 0.717) is 11.8 Å². The normalized spacial score (nSPS) is 16.3. The average Bonchev–Trinajstić information content (AvgIpc) is 3.29. The number of halogens is 1. The molecule has 7 heteroatoms. The molecule has 0 fully saturated rings. The summed E-state index contributed by atoms with van der Waals surface area (Å²) in [6.45, 7) is 2.09. The highest BCUT2D eigenvalue weighted by atomic mass is 79.9. The Kier molecular flexibility index (Phi) is 4.50. The van der Waals surface area contributed by atoms with Crippen molar-refractivity contribution in [1.82, 2.24) is 10.2 Å². The van der Waals surface area contributed by atoms with Crippen LogP contribution in [0.5, 0.6) is 11.6 Å². The highest BCUT2D eigenvalue weighted by Crippen LogP contribution is 2.48. The number of methoxy groups -OCH3 is 1. The fourth-order valence-electron chi connectivity index (χ4n) is 3.38. The Morgan fingerprint density at radius 1 is 1.38 bits per heavy atom. The molecular weight excluding hydrogens is 414 g/mol. The third-order valence-corrected chi connectivity index (χ3v) is 6.09. The van der Waals surface area contributed by atoms with Crippen LogP contribution < -0.4 is 15.2 Å². The zero-order valence-corrected chi connectivity index (χ0v) is 16.8. The number of ether oxygens (including phenoxy) is 2. The first-order valence-electron chi connectivity index (χ1n) is 8.26. The molecule has 5 nitrogen and oxygen atoms in total. The van der Waals surface area contributed by atoms with Gasteiger partial charge in [0.25, 0.3) is 0 Å². The van der Waals surface area contributed by atoms with Crippen LogP contribution in [0.1, 0.15) is 30.4 Å². The number of nitrogens with zero attached hydrogens (tertiary/aromatic N) is 1. The average molecular weight is 432 g/mol. The molecule has 0 bridgehead atoms. The summed E-state index contributed by atoms with van der Waals surface area (Å²) in [5, 5.41) is 9.56. The number of aromatic amines is 1. The molecule has 0 saturated carbocycles. The fraction of sp³-hybridized carbons (Fsp3) is 0.211. The van der Waals surface area contributed by atoms with E-state index in [4.69, 9.17) is 15.2 Å². The highest BCUT2D eigenvalue weighted by molar-refractivity contribution is 9.10. The number of fused-ring (bicyclic) bond motifs is 1. The maximum atomic E-state index is 6.22. The lowest BCUT2D eigenvalue weighted by Gasteiger charge is -2.27.